The van der Waals surface area contributed by atoms with Crippen LogP contribution in [0, 0.1) is 19.8 Å². The maximum Gasteiger partial charge on any atom is 0.326 e. The largest absolute Gasteiger partial charge is 0.480 e. The number of carboxylic acid groups (broad SMARTS) is 1. The summed E-state index contributed by atoms with van der Waals surface area (Å²) in [6.07, 6.45) is 0.661. The molecule has 0 radical (unpaired) electrons. The van der Waals surface area contributed by atoms with E-state index in [0.717, 1.165) is 0 Å². The Morgan fingerprint density at radius 3 is 2.61 bits per heavy atom. The smallest absolute Gasteiger partial charge is 0.326 e. The first-order valence-electron chi connectivity index (χ1n) is 7.60. The van der Waals surface area contributed by atoms with Crippen LogP contribution < -0.4 is 5.32 Å². The molecule has 0 saturated carbocycles. The Labute approximate surface area is 134 Å². The molecule has 0 aromatic carbocycles. The van der Waals surface area contributed by atoms with Gasteiger partial charge in [-0.1, -0.05) is 20.3 Å². The van der Waals surface area contributed by atoms with Gasteiger partial charge in [0.15, 0.2) is 5.65 Å². The number of carbonyl (C=O) groups is 2. The zero-order chi connectivity index (χ0) is 17.3. The summed E-state index contributed by atoms with van der Waals surface area (Å²) in [7, 11) is 1.77. The minimum Gasteiger partial charge on any atom is -0.480 e. The second-order valence-electron chi connectivity index (χ2n) is 5.89. The fourth-order valence-corrected chi connectivity index (χ4v) is 2.65. The highest BCUT2D eigenvalue weighted by atomic mass is 16.4. The number of nitrogens with zero attached hydrogens (tertiary/aromatic N) is 3. The summed E-state index contributed by atoms with van der Waals surface area (Å²) in [5.74, 6) is -1.60. The first-order chi connectivity index (χ1) is 10.8. The third kappa shape index (κ3) is 3.18. The molecule has 0 aliphatic rings. The molecule has 7 nitrogen and oxygen atoms in total. The standard InChI is InChI=1S/C16H22N4O3/c1-6-8(2)13(16(22)23)18-15(21)11-7-9(3)17-14-12(11)10(4)19-20(14)5/h7-8,13H,6H2,1-5H3,(H,18,21)(H,22,23). The lowest BCUT2D eigenvalue weighted by molar-refractivity contribution is -0.140. The Balaban J connectivity index is 2.47. The molecule has 0 aliphatic carbocycles. The van der Waals surface area contributed by atoms with E-state index in [1.807, 2.05) is 13.8 Å². The normalized spacial score (nSPS) is 13.8. The molecule has 7 heteroatoms. The lowest BCUT2D eigenvalue weighted by Crippen LogP contribution is -2.45. The van der Waals surface area contributed by atoms with E-state index in [-0.39, 0.29) is 5.92 Å². The summed E-state index contributed by atoms with van der Waals surface area (Å²) in [5, 5.41) is 16.9. The average molecular weight is 318 g/mol. The molecule has 0 bridgehead atoms. The Bertz CT molecular complexity index is 766. The number of carboxylic acids is 1. The van der Waals surface area contributed by atoms with Gasteiger partial charge in [0.25, 0.3) is 5.91 Å². The molecule has 0 aliphatic heterocycles. The maximum atomic E-state index is 12.7. The van der Waals surface area contributed by atoms with Gasteiger partial charge >= 0.3 is 5.97 Å². The van der Waals surface area contributed by atoms with Crippen LogP contribution in [-0.4, -0.2) is 37.8 Å². The van der Waals surface area contributed by atoms with Gasteiger partial charge in [-0.25, -0.2) is 9.78 Å². The number of nitrogens with one attached hydrogen (secondary N) is 1. The molecule has 0 saturated heterocycles. The van der Waals surface area contributed by atoms with Crippen molar-refractivity contribution in [3.05, 3.63) is 23.0 Å². The minimum absolute atomic E-state index is 0.162. The van der Waals surface area contributed by atoms with Crippen LogP contribution in [0.1, 0.15) is 42.0 Å². The number of hydrogen-bond acceptors (Lipinski definition) is 4. The summed E-state index contributed by atoms with van der Waals surface area (Å²) < 4.78 is 1.62. The number of aliphatic carboxylic acids is 1. The van der Waals surface area contributed by atoms with Crippen LogP contribution in [0.15, 0.2) is 6.07 Å². The van der Waals surface area contributed by atoms with Gasteiger partial charge in [0, 0.05) is 12.7 Å². The lowest BCUT2D eigenvalue weighted by atomic mass is 9.98. The van der Waals surface area contributed by atoms with Crippen LogP contribution in [0.2, 0.25) is 0 Å². The lowest BCUT2D eigenvalue weighted by Gasteiger charge is -2.20. The van der Waals surface area contributed by atoms with E-state index in [2.05, 4.69) is 15.4 Å². The number of pyridine rings is 1. The van der Waals surface area contributed by atoms with Crippen molar-refractivity contribution in [1.29, 1.82) is 0 Å². The van der Waals surface area contributed by atoms with Crippen molar-refractivity contribution < 1.29 is 14.7 Å². The van der Waals surface area contributed by atoms with E-state index in [1.165, 1.54) is 0 Å². The van der Waals surface area contributed by atoms with Crippen molar-refractivity contribution in [1.82, 2.24) is 20.1 Å². The fourth-order valence-electron chi connectivity index (χ4n) is 2.65. The summed E-state index contributed by atoms with van der Waals surface area (Å²) in [6, 6.07) is 0.745. The number of amides is 1. The Kier molecular flexibility index (Phi) is 4.68. The van der Waals surface area contributed by atoms with Gasteiger partial charge in [0.1, 0.15) is 6.04 Å². The second-order valence-corrected chi connectivity index (χ2v) is 5.89. The molecule has 2 rings (SSSR count). The highest BCUT2D eigenvalue weighted by molar-refractivity contribution is 6.07. The summed E-state index contributed by atoms with van der Waals surface area (Å²) in [4.78, 5) is 28.5. The molecule has 1 amide bonds. The van der Waals surface area contributed by atoms with E-state index in [4.69, 9.17) is 0 Å². The summed E-state index contributed by atoms with van der Waals surface area (Å²) >= 11 is 0. The van der Waals surface area contributed by atoms with E-state index < -0.39 is 17.9 Å². The van der Waals surface area contributed by atoms with Crippen LogP contribution >= 0.6 is 0 Å². The zero-order valence-corrected chi connectivity index (χ0v) is 14.0. The molecule has 124 valence electrons. The van der Waals surface area contributed by atoms with Gasteiger partial charge in [-0.05, 0) is 25.8 Å². The number of aromatic nitrogens is 3. The maximum absolute atomic E-state index is 12.7. The highest BCUT2D eigenvalue weighted by Gasteiger charge is 2.27. The number of carbonyl (C=O) groups excluding carboxylic acids is 1. The van der Waals surface area contributed by atoms with Crippen molar-refractivity contribution in [2.75, 3.05) is 0 Å². The first kappa shape index (κ1) is 16.9. The van der Waals surface area contributed by atoms with Crippen LogP contribution in [0.5, 0.6) is 0 Å². The van der Waals surface area contributed by atoms with Gasteiger partial charge in [-0.2, -0.15) is 5.10 Å². The number of rotatable bonds is 5. The number of hydrogen-bond donors (Lipinski definition) is 2. The molecule has 2 unspecified atom stereocenters. The third-order valence-electron chi connectivity index (χ3n) is 4.11. The number of fused-ring (bicyclic) bond motifs is 1. The average Bonchev–Trinajstić information content (AvgIpc) is 2.77. The molecular formula is C16H22N4O3. The van der Waals surface area contributed by atoms with Crippen molar-refractivity contribution >= 4 is 22.9 Å². The zero-order valence-electron chi connectivity index (χ0n) is 14.0. The van der Waals surface area contributed by atoms with Gasteiger partial charge in [0.2, 0.25) is 0 Å². The van der Waals surface area contributed by atoms with E-state index in [0.29, 0.717) is 34.4 Å². The molecule has 2 atom stereocenters. The van der Waals surface area contributed by atoms with Crippen LogP contribution in [0.4, 0.5) is 0 Å². The van der Waals surface area contributed by atoms with Gasteiger partial charge in [-0.3, -0.25) is 9.48 Å². The minimum atomic E-state index is -1.03. The van der Waals surface area contributed by atoms with Gasteiger partial charge in [0.05, 0.1) is 16.6 Å². The van der Waals surface area contributed by atoms with E-state index in [1.54, 1.807) is 31.6 Å². The summed E-state index contributed by atoms with van der Waals surface area (Å²) in [6.45, 7) is 7.30. The number of aryl methyl sites for hydroxylation is 3. The van der Waals surface area contributed by atoms with Gasteiger partial charge in [-0.15, -0.1) is 0 Å². The Hall–Kier alpha value is -2.44. The van der Waals surface area contributed by atoms with E-state index in [9.17, 15) is 14.7 Å². The topological polar surface area (TPSA) is 97.1 Å². The van der Waals surface area contributed by atoms with Crippen LogP contribution in [0.3, 0.4) is 0 Å². The molecule has 0 spiro atoms. The van der Waals surface area contributed by atoms with Crippen LogP contribution in [-0.2, 0) is 11.8 Å². The molecule has 23 heavy (non-hydrogen) atoms. The fraction of sp³-hybridized carbons (Fsp3) is 0.500. The highest BCUT2D eigenvalue weighted by Crippen LogP contribution is 2.22. The Morgan fingerprint density at radius 2 is 2.04 bits per heavy atom. The van der Waals surface area contributed by atoms with Crippen molar-refractivity contribution in [3.8, 4) is 0 Å². The molecular weight excluding hydrogens is 296 g/mol. The second kappa shape index (κ2) is 6.36. The Morgan fingerprint density at radius 1 is 1.39 bits per heavy atom. The van der Waals surface area contributed by atoms with Gasteiger partial charge < -0.3 is 10.4 Å². The first-order valence-corrected chi connectivity index (χ1v) is 7.60. The van der Waals surface area contributed by atoms with Crippen LogP contribution in [0.25, 0.3) is 11.0 Å². The molecule has 0 fully saturated rings. The quantitative estimate of drug-likeness (QED) is 0.876. The summed E-state index contributed by atoms with van der Waals surface area (Å²) in [5.41, 5.74) is 2.40. The molecule has 2 aromatic heterocycles. The SMILES string of the molecule is CCC(C)C(NC(=O)c1cc(C)nc2c1c(C)nn2C)C(=O)O. The van der Waals surface area contributed by atoms with Crippen molar-refractivity contribution in [3.63, 3.8) is 0 Å². The molecule has 2 N–H and O–H groups in total. The molecule has 2 heterocycles. The molecule has 2 aromatic rings. The third-order valence-corrected chi connectivity index (χ3v) is 4.11. The van der Waals surface area contributed by atoms with E-state index >= 15 is 0 Å². The predicted octanol–water partition coefficient (Wildman–Crippen LogP) is 1.81. The monoisotopic (exact) mass is 318 g/mol. The predicted molar refractivity (Wildman–Crippen MR) is 86.3 cm³/mol. The van der Waals surface area contributed by atoms with Crippen molar-refractivity contribution in [2.24, 2.45) is 13.0 Å². The van der Waals surface area contributed by atoms with Crippen molar-refractivity contribution in [2.45, 2.75) is 40.2 Å².